The highest BCUT2D eigenvalue weighted by atomic mass is 32.1. The highest BCUT2D eigenvalue weighted by Gasteiger charge is 2.33. The predicted molar refractivity (Wildman–Crippen MR) is 189 cm³/mol. The third-order valence-electron chi connectivity index (χ3n) is 7.32. The summed E-state index contributed by atoms with van der Waals surface area (Å²) in [6.07, 6.45) is -0.651. The molecular weight excluding hydrogens is 652 g/mol. The van der Waals surface area contributed by atoms with Crippen LogP contribution in [0.2, 0.25) is 0 Å². The summed E-state index contributed by atoms with van der Waals surface area (Å²) in [5.74, 6) is 3.14. The van der Waals surface area contributed by atoms with E-state index in [1.54, 1.807) is 61.6 Å². The van der Waals surface area contributed by atoms with Crippen LogP contribution in [0.15, 0.2) is 76.0 Å². The van der Waals surface area contributed by atoms with Crippen LogP contribution in [-0.2, 0) is 4.79 Å². The van der Waals surface area contributed by atoms with E-state index in [0.29, 0.717) is 77.5 Å². The Balaban J connectivity index is 0.000000247. The third kappa shape index (κ3) is 8.60. The number of nitrogens with one attached hydrogen (secondary N) is 1. The number of carbonyl (C=O) groups is 1. The summed E-state index contributed by atoms with van der Waals surface area (Å²) in [5.41, 5.74) is 26.4. The number of nitrogen functional groups attached to an aromatic ring is 1. The average Bonchev–Trinajstić information content (AvgIpc) is 3.12. The van der Waals surface area contributed by atoms with Crippen LogP contribution in [0.25, 0.3) is 10.9 Å². The molecule has 2 aliphatic heterocycles. The van der Waals surface area contributed by atoms with Crippen LogP contribution in [0.3, 0.4) is 0 Å². The van der Waals surface area contributed by atoms with Crippen LogP contribution >= 0.6 is 12.2 Å². The molecular formula is C31H36N12O5S. The zero-order valence-corrected chi connectivity index (χ0v) is 27.6. The van der Waals surface area contributed by atoms with E-state index in [0.717, 1.165) is 5.69 Å². The molecule has 1 saturated heterocycles. The second kappa shape index (κ2) is 15.6. The van der Waals surface area contributed by atoms with Gasteiger partial charge in [-0.1, -0.05) is 12.1 Å². The molecule has 0 spiro atoms. The first-order valence-corrected chi connectivity index (χ1v) is 15.3. The molecule has 4 aromatic rings. The van der Waals surface area contributed by atoms with Gasteiger partial charge in [0.1, 0.15) is 12.4 Å². The molecule has 18 heteroatoms. The number of nitrogens with zero attached hydrogens (tertiary/aromatic N) is 7. The van der Waals surface area contributed by atoms with Gasteiger partial charge in [-0.2, -0.15) is 4.98 Å². The quantitative estimate of drug-likeness (QED) is 0.0616. The number of rotatable bonds is 7. The molecule has 1 atom stereocenters. The van der Waals surface area contributed by atoms with Crippen LogP contribution in [0, 0.1) is 0 Å². The molecule has 256 valence electrons. The van der Waals surface area contributed by atoms with Gasteiger partial charge in [0.15, 0.2) is 23.0 Å². The second-order valence-corrected chi connectivity index (χ2v) is 11.0. The highest BCUT2D eigenvalue weighted by Crippen LogP contribution is 2.34. The van der Waals surface area contributed by atoms with Crippen molar-refractivity contribution in [1.29, 1.82) is 0 Å². The number of para-hydroxylation sites is 2. The molecule has 9 N–H and O–H groups in total. The zero-order chi connectivity index (χ0) is 34.9. The van der Waals surface area contributed by atoms with Crippen LogP contribution in [0.1, 0.15) is 0 Å². The molecule has 0 aliphatic carbocycles. The predicted octanol–water partition coefficient (Wildman–Crippen LogP) is 2.33. The van der Waals surface area contributed by atoms with Crippen molar-refractivity contribution in [2.75, 3.05) is 63.1 Å². The Bertz CT molecular complexity index is 1860. The fourth-order valence-electron chi connectivity index (χ4n) is 4.92. The standard InChI is InChI=1S/C23H25N5O5.C8H11N7S/c1-30-18-11-14-15(12-19(18)31-2)25-23(26-21(14)24)28-9-7-27(8-10-28)22(29)20-13-32-16-5-3-4-6-17(16)33-20;9-7(10)14-12-5-1-3-6(4-2-5)13-15-8(11)16/h3-6,11-12,20H,7-10,13H2,1-2H3,(H2,24,25,26);1-4,12H,(H2,11,16)(H4,9,10,14). The van der Waals surface area contributed by atoms with Gasteiger partial charge in [-0.15, -0.1) is 15.3 Å². The molecule has 1 aromatic heterocycles. The number of hydrogen-bond donors (Lipinski definition) is 5. The van der Waals surface area contributed by atoms with Gasteiger partial charge >= 0.3 is 0 Å². The molecule has 2 aliphatic rings. The lowest BCUT2D eigenvalue weighted by molar-refractivity contribution is -0.141. The van der Waals surface area contributed by atoms with Crippen LogP contribution < -0.4 is 52.2 Å². The summed E-state index contributed by atoms with van der Waals surface area (Å²) in [7, 11) is 3.14. The van der Waals surface area contributed by atoms with Gasteiger partial charge in [0, 0.05) is 37.6 Å². The maximum Gasteiger partial charge on any atom is 0.267 e. The first-order chi connectivity index (χ1) is 23.6. The number of guanidine groups is 1. The number of aromatic nitrogens is 2. The van der Waals surface area contributed by atoms with Gasteiger partial charge in [-0.3, -0.25) is 10.2 Å². The number of hydrazone groups is 1. The summed E-state index contributed by atoms with van der Waals surface area (Å²) < 4.78 is 22.3. The maximum atomic E-state index is 13.0. The van der Waals surface area contributed by atoms with Crippen molar-refractivity contribution in [1.82, 2.24) is 14.9 Å². The summed E-state index contributed by atoms with van der Waals surface area (Å²) in [5, 5.41) is 11.6. The normalized spacial score (nSPS) is 15.2. The fourth-order valence-corrected chi connectivity index (χ4v) is 4.96. The minimum absolute atomic E-state index is 0.0114. The summed E-state index contributed by atoms with van der Waals surface area (Å²) in [6.45, 7) is 2.40. The van der Waals surface area contributed by atoms with Crippen LogP contribution in [0.4, 0.5) is 23.1 Å². The number of ether oxygens (including phenoxy) is 4. The van der Waals surface area contributed by atoms with E-state index < -0.39 is 6.10 Å². The Labute approximate surface area is 286 Å². The number of piperazine rings is 1. The minimum Gasteiger partial charge on any atom is -0.493 e. The summed E-state index contributed by atoms with van der Waals surface area (Å²) >= 11 is 4.55. The van der Waals surface area contributed by atoms with E-state index in [1.165, 1.54) is 0 Å². The van der Waals surface area contributed by atoms with E-state index in [9.17, 15) is 4.79 Å². The van der Waals surface area contributed by atoms with E-state index in [-0.39, 0.29) is 23.6 Å². The molecule has 49 heavy (non-hydrogen) atoms. The van der Waals surface area contributed by atoms with Gasteiger partial charge in [0.05, 0.1) is 31.1 Å². The molecule has 1 fully saturated rings. The Morgan fingerprint density at radius 1 is 0.959 bits per heavy atom. The van der Waals surface area contributed by atoms with Gasteiger partial charge in [-0.05, 0) is 54.7 Å². The van der Waals surface area contributed by atoms with Crippen molar-refractivity contribution < 1.29 is 23.7 Å². The monoisotopic (exact) mass is 688 g/mol. The SMILES string of the molecule is COc1cc2nc(N3CCN(C(=O)C4COc5ccccc5O4)CC3)nc(N)c2cc1OC.NC(=S)N=Nc1ccc(NN=C(N)N)cc1. The Hall–Kier alpha value is -6.17. The summed E-state index contributed by atoms with van der Waals surface area (Å²) in [6, 6.07) is 17.8. The van der Waals surface area contributed by atoms with Crippen molar-refractivity contribution in [3.8, 4) is 23.0 Å². The number of anilines is 3. The molecule has 0 saturated carbocycles. The van der Waals surface area contributed by atoms with E-state index >= 15 is 0 Å². The molecule has 1 unspecified atom stereocenters. The first kappa shape index (κ1) is 34.2. The lowest BCUT2D eigenvalue weighted by Gasteiger charge is -2.37. The fraction of sp³-hybridized carbons (Fsp3) is 0.258. The summed E-state index contributed by atoms with van der Waals surface area (Å²) in [4.78, 5) is 26.0. The minimum atomic E-state index is -0.651. The Morgan fingerprint density at radius 3 is 2.29 bits per heavy atom. The number of hydrogen-bond acceptors (Lipinski definition) is 13. The molecule has 3 aromatic carbocycles. The smallest absolute Gasteiger partial charge is 0.267 e. The molecule has 0 radical (unpaired) electrons. The Morgan fingerprint density at radius 2 is 1.63 bits per heavy atom. The number of thiocarbonyl (C=S) groups is 1. The van der Waals surface area contributed by atoms with Gasteiger partial charge in [0.25, 0.3) is 5.91 Å². The molecule has 17 nitrogen and oxygen atoms in total. The van der Waals surface area contributed by atoms with Crippen LogP contribution in [0.5, 0.6) is 23.0 Å². The molecule has 6 rings (SSSR count). The number of methoxy groups -OCH3 is 2. The van der Waals surface area contributed by atoms with E-state index in [2.05, 4.69) is 42.9 Å². The number of carbonyl (C=O) groups excluding carboxylic acids is 1. The lowest BCUT2D eigenvalue weighted by atomic mass is 10.2. The van der Waals surface area contributed by atoms with Crippen molar-refractivity contribution >= 4 is 63.2 Å². The van der Waals surface area contributed by atoms with Gasteiger partial charge < -0.3 is 51.7 Å². The second-order valence-electron chi connectivity index (χ2n) is 10.5. The van der Waals surface area contributed by atoms with Crippen molar-refractivity contribution in [3.63, 3.8) is 0 Å². The Kier molecular flexibility index (Phi) is 10.9. The van der Waals surface area contributed by atoms with Gasteiger partial charge in [0.2, 0.25) is 23.1 Å². The number of amides is 1. The molecule has 0 bridgehead atoms. The van der Waals surface area contributed by atoms with Crippen molar-refractivity contribution in [3.05, 3.63) is 60.7 Å². The van der Waals surface area contributed by atoms with E-state index in [1.807, 2.05) is 23.1 Å². The van der Waals surface area contributed by atoms with Crippen LogP contribution in [-0.4, -0.2) is 85.0 Å². The zero-order valence-electron chi connectivity index (χ0n) is 26.8. The number of fused-ring (bicyclic) bond motifs is 2. The average molecular weight is 689 g/mol. The molecule has 3 heterocycles. The largest absolute Gasteiger partial charge is 0.493 e. The lowest BCUT2D eigenvalue weighted by Crippen LogP contribution is -2.54. The van der Waals surface area contributed by atoms with Crippen molar-refractivity contribution in [2.45, 2.75) is 6.10 Å². The highest BCUT2D eigenvalue weighted by molar-refractivity contribution is 7.80. The van der Waals surface area contributed by atoms with Crippen molar-refractivity contribution in [2.24, 2.45) is 32.5 Å². The van der Waals surface area contributed by atoms with Gasteiger partial charge in [-0.25, -0.2) is 4.98 Å². The molecule has 1 amide bonds. The topological polar surface area (TPSA) is 239 Å². The first-order valence-electron chi connectivity index (χ1n) is 14.9. The maximum absolute atomic E-state index is 13.0. The van der Waals surface area contributed by atoms with E-state index in [4.69, 9.17) is 41.9 Å². The third-order valence-corrected chi connectivity index (χ3v) is 7.40. The number of benzene rings is 3. The number of nitrogens with two attached hydrogens (primary N) is 4. The number of azo groups is 1.